The molecular weight excluding hydrogens is 412 g/mol. The number of carbonyl (C=O) groups excluding carboxylic acids is 2. The SMILES string of the molecule is CC(c1cccc(NC(=O)c2ccccc2)c1)N(C)C(=O)c1cc2cc(Cl)ccc2o1. The highest BCUT2D eigenvalue weighted by Crippen LogP contribution is 2.27. The van der Waals surface area contributed by atoms with Gasteiger partial charge in [-0.2, -0.15) is 0 Å². The quantitative estimate of drug-likeness (QED) is 0.410. The summed E-state index contributed by atoms with van der Waals surface area (Å²) in [6.45, 7) is 1.93. The van der Waals surface area contributed by atoms with Crippen LogP contribution in [0.5, 0.6) is 0 Å². The lowest BCUT2D eigenvalue weighted by molar-refractivity contribution is 0.0712. The van der Waals surface area contributed by atoms with Crippen LogP contribution in [0.25, 0.3) is 11.0 Å². The molecule has 1 heterocycles. The number of nitrogens with one attached hydrogen (secondary N) is 1. The molecule has 1 N–H and O–H groups in total. The Hall–Kier alpha value is -3.57. The molecule has 0 aliphatic carbocycles. The van der Waals surface area contributed by atoms with Crippen LogP contribution in [0, 0.1) is 0 Å². The van der Waals surface area contributed by atoms with E-state index in [1.165, 1.54) is 0 Å². The number of anilines is 1. The predicted molar refractivity (Wildman–Crippen MR) is 123 cm³/mol. The van der Waals surface area contributed by atoms with Gasteiger partial charge in [0.25, 0.3) is 11.8 Å². The van der Waals surface area contributed by atoms with Gasteiger partial charge in [0.2, 0.25) is 0 Å². The van der Waals surface area contributed by atoms with E-state index < -0.39 is 0 Å². The van der Waals surface area contributed by atoms with Gasteiger partial charge in [0.05, 0.1) is 6.04 Å². The standard InChI is InChI=1S/C25H21ClN2O3/c1-16(28(2)25(30)23-15-19-13-20(26)11-12-22(19)31-23)18-9-6-10-21(14-18)27-24(29)17-7-4-3-5-8-17/h3-16H,1-2H3,(H,27,29). The van der Waals surface area contributed by atoms with E-state index in [-0.39, 0.29) is 23.6 Å². The first-order valence-electron chi connectivity index (χ1n) is 9.85. The molecule has 1 unspecified atom stereocenters. The minimum Gasteiger partial charge on any atom is -0.451 e. The van der Waals surface area contributed by atoms with E-state index >= 15 is 0 Å². The lowest BCUT2D eigenvalue weighted by Gasteiger charge is -2.25. The van der Waals surface area contributed by atoms with Crippen LogP contribution in [-0.2, 0) is 0 Å². The minimum atomic E-state index is -0.238. The first-order chi connectivity index (χ1) is 14.9. The summed E-state index contributed by atoms with van der Waals surface area (Å²) in [5.74, 6) is -0.172. The predicted octanol–water partition coefficient (Wildman–Crippen LogP) is 6.17. The third-order valence-electron chi connectivity index (χ3n) is 5.25. The summed E-state index contributed by atoms with van der Waals surface area (Å²) in [5, 5.41) is 4.27. The van der Waals surface area contributed by atoms with Crippen molar-refractivity contribution >= 4 is 40.1 Å². The lowest BCUT2D eigenvalue weighted by atomic mass is 10.1. The zero-order chi connectivity index (χ0) is 22.0. The molecule has 1 atom stereocenters. The Bertz CT molecular complexity index is 1250. The Morgan fingerprint density at radius 3 is 2.52 bits per heavy atom. The normalized spacial score (nSPS) is 11.8. The Kier molecular flexibility index (Phi) is 5.78. The van der Waals surface area contributed by atoms with E-state index in [1.54, 1.807) is 48.3 Å². The molecule has 0 spiro atoms. The van der Waals surface area contributed by atoms with Gasteiger partial charge in [0, 0.05) is 28.7 Å². The Balaban J connectivity index is 1.51. The van der Waals surface area contributed by atoms with Crippen LogP contribution >= 0.6 is 11.6 Å². The summed E-state index contributed by atoms with van der Waals surface area (Å²) in [4.78, 5) is 27.0. The van der Waals surface area contributed by atoms with Crippen LogP contribution in [0.15, 0.2) is 83.3 Å². The van der Waals surface area contributed by atoms with Crippen molar-refractivity contribution in [1.29, 1.82) is 0 Å². The average molecular weight is 433 g/mol. The van der Waals surface area contributed by atoms with Crippen LogP contribution in [-0.4, -0.2) is 23.8 Å². The third-order valence-corrected chi connectivity index (χ3v) is 5.49. The molecule has 5 nitrogen and oxygen atoms in total. The number of hydrogen-bond donors (Lipinski definition) is 1. The maximum absolute atomic E-state index is 13.0. The molecule has 4 aromatic rings. The number of benzene rings is 3. The second kappa shape index (κ2) is 8.66. The molecule has 3 aromatic carbocycles. The molecule has 2 amide bonds. The molecular formula is C25H21ClN2O3. The van der Waals surface area contributed by atoms with Gasteiger partial charge in [-0.1, -0.05) is 41.9 Å². The first-order valence-corrected chi connectivity index (χ1v) is 10.2. The van der Waals surface area contributed by atoms with E-state index in [4.69, 9.17) is 16.0 Å². The van der Waals surface area contributed by atoms with Crippen molar-refractivity contribution in [2.45, 2.75) is 13.0 Å². The number of halogens is 1. The zero-order valence-electron chi connectivity index (χ0n) is 17.1. The summed E-state index contributed by atoms with van der Waals surface area (Å²) >= 11 is 6.02. The van der Waals surface area contributed by atoms with E-state index in [0.717, 1.165) is 10.9 Å². The van der Waals surface area contributed by atoms with Crippen molar-refractivity contribution < 1.29 is 14.0 Å². The average Bonchev–Trinajstić information content (AvgIpc) is 3.21. The van der Waals surface area contributed by atoms with Gasteiger partial charge in [-0.15, -0.1) is 0 Å². The van der Waals surface area contributed by atoms with Crippen molar-refractivity contribution in [2.75, 3.05) is 12.4 Å². The Morgan fingerprint density at radius 2 is 1.74 bits per heavy atom. The second-order valence-electron chi connectivity index (χ2n) is 7.33. The van der Waals surface area contributed by atoms with Gasteiger partial charge in [0.15, 0.2) is 5.76 Å². The maximum atomic E-state index is 13.0. The summed E-state index contributed by atoms with van der Waals surface area (Å²) in [5.41, 5.74) is 2.75. The summed E-state index contributed by atoms with van der Waals surface area (Å²) in [7, 11) is 1.72. The van der Waals surface area contributed by atoms with Crippen molar-refractivity contribution in [2.24, 2.45) is 0 Å². The van der Waals surface area contributed by atoms with Gasteiger partial charge in [-0.25, -0.2) is 0 Å². The van der Waals surface area contributed by atoms with Crippen molar-refractivity contribution in [3.05, 3.63) is 101 Å². The highest BCUT2D eigenvalue weighted by molar-refractivity contribution is 6.31. The molecule has 31 heavy (non-hydrogen) atoms. The van der Waals surface area contributed by atoms with E-state index in [0.29, 0.717) is 21.9 Å². The number of hydrogen-bond acceptors (Lipinski definition) is 3. The molecule has 0 radical (unpaired) electrons. The number of carbonyl (C=O) groups is 2. The van der Waals surface area contributed by atoms with Crippen LogP contribution < -0.4 is 5.32 Å². The van der Waals surface area contributed by atoms with E-state index in [2.05, 4.69) is 5.32 Å². The fourth-order valence-corrected chi connectivity index (χ4v) is 3.54. The molecule has 6 heteroatoms. The smallest absolute Gasteiger partial charge is 0.289 e. The Labute approximate surface area is 185 Å². The number of fused-ring (bicyclic) bond motifs is 1. The van der Waals surface area contributed by atoms with Gasteiger partial charge in [0.1, 0.15) is 5.58 Å². The van der Waals surface area contributed by atoms with Crippen LogP contribution in [0.2, 0.25) is 5.02 Å². The molecule has 4 rings (SSSR count). The fourth-order valence-electron chi connectivity index (χ4n) is 3.36. The van der Waals surface area contributed by atoms with Crippen LogP contribution in [0.4, 0.5) is 5.69 Å². The van der Waals surface area contributed by atoms with Gasteiger partial charge in [-0.3, -0.25) is 9.59 Å². The van der Waals surface area contributed by atoms with Gasteiger partial charge in [-0.05, 0) is 61.0 Å². The number of amides is 2. The zero-order valence-corrected chi connectivity index (χ0v) is 17.9. The van der Waals surface area contributed by atoms with Crippen molar-refractivity contribution in [3.8, 4) is 0 Å². The van der Waals surface area contributed by atoms with Crippen molar-refractivity contribution in [3.63, 3.8) is 0 Å². The molecule has 0 saturated heterocycles. The molecule has 0 aliphatic rings. The minimum absolute atomic E-state index is 0.184. The third kappa shape index (κ3) is 4.47. The van der Waals surface area contributed by atoms with Gasteiger partial charge >= 0.3 is 0 Å². The number of nitrogens with zero attached hydrogens (tertiary/aromatic N) is 1. The number of rotatable bonds is 5. The highest BCUT2D eigenvalue weighted by atomic mass is 35.5. The second-order valence-corrected chi connectivity index (χ2v) is 7.77. The largest absolute Gasteiger partial charge is 0.451 e. The summed E-state index contributed by atoms with van der Waals surface area (Å²) < 4.78 is 5.71. The fraction of sp³-hybridized carbons (Fsp3) is 0.120. The Morgan fingerprint density at radius 1 is 0.968 bits per heavy atom. The first kappa shape index (κ1) is 20.7. The monoisotopic (exact) mass is 432 g/mol. The topological polar surface area (TPSA) is 62.6 Å². The van der Waals surface area contributed by atoms with Crippen molar-refractivity contribution in [1.82, 2.24) is 4.90 Å². The summed E-state index contributed by atoms with van der Waals surface area (Å²) in [6.07, 6.45) is 0. The van der Waals surface area contributed by atoms with Crippen LogP contribution in [0.3, 0.4) is 0 Å². The summed E-state index contributed by atoms with van der Waals surface area (Å²) in [6, 6.07) is 23.2. The number of furan rings is 1. The maximum Gasteiger partial charge on any atom is 0.289 e. The lowest BCUT2D eigenvalue weighted by Crippen LogP contribution is -2.29. The molecule has 0 bridgehead atoms. The van der Waals surface area contributed by atoms with Crippen LogP contribution in [0.1, 0.15) is 39.4 Å². The molecule has 0 aliphatic heterocycles. The van der Waals surface area contributed by atoms with E-state index in [1.807, 2.05) is 49.4 Å². The van der Waals surface area contributed by atoms with E-state index in [9.17, 15) is 9.59 Å². The molecule has 1 aromatic heterocycles. The molecule has 0 saturated carbocycles. The van der Waals surface area contributed by atoms with Gasteiger partial charge < -0.3 is 14.6 Å². The molecule has 0 fully saturated rings. The highest BCUT2D eigenvalue weighted by Gasteiger charge is 2.22. The molecule has 156 valence electrons.